The van der Waals surface area contributed by atoms with Crippen molar-refractivity contribution in [3.63, 3.8) is 0 Å². The average molecular weight is 372 g/mol. The van der Waals surface area contributed by atoms with Crippen molar-refractivity contribution in [1.29, 1.82) is 0 Å². The van der Waals surface area contributed by atoms with Crippen LogP contribution in [0.3, 0.4) is 0 Å². The summed E-state index contributed by atoms with van der Waals surface area (Å²) in [5.74, 6) is -1.04. The quantitative estimate of drug-likeness (QED) is 0.786. The highest BCUT2D eigenvalue weighted by molar-refractivity contribution is 7.89. The second kappa shape index (κ2) is 6.43. The van der Waals surface area contributed by atoms with Crippen LogP contribution in [0.5, 0.6) is 0 Å². The average Bonchev–Trinajstić information content (AvgIpc) is 3.30. The summed E-state index contributed by atoms with van der Waals surface area (Å²) in [5.41, 5.74) is 0.467. The molecule has 7 heteroatoms. The topological polar surface area (TPSA) is 37.4 Å². The lowest BCUT2D eigenvalue weighted by molar-refractivity contribution is 0.391. The third kappa shape index (κ3) is 3.31. The first-order valence-electron chi connectivity index (χ1n) is 7.51. The van der Waals surface area contributed by atoms with E-state index < -0.39 is 21.7 Å². The van der Waals surface area contributed by atoms with Gasteiger partial charge in [-0.1, -0.05) is 17.7 Å². The largest absolute Gasteiger partial charge is 0.243 e. The Bertz CT molecular complexity index is 862. The van der Waals surface area contributed by atoms with Crippen molar-refractivity contribution in [2.45, 2.75) is 37.2 Å². The SMILES string of the molecule is Cc1cc(F)ccc1S(=O)(=O)N(Cc1c(F)cccc1Cl)C1CC1. The maximum atomic E-state index is 14.1. The summed E-state index contributed by atoms with van der Waals surface area (Å²) in [6.45, 7) is 1.40. The Labute approximate surface area is 144 Å². The molecule has 1 saturated carbocycles. The van der Waals surface area contributed by atoms with E-state index in [4.69, 9.17) is 11.6 Å². The molecule has 0 amide bonds. The molecule has 24 heavy (non-hydrogen) atoms. The minimum absolute atomic E-state index is 0.0308. The van der Waals surface area contributed by atoms with E-state index in [0.29, 0.717) is 18.4 Å². The monoisotopic (exact) mass is 371 g/mol. The molecule has 0 unspecified atom stereocenters. The molecule has 1 aliphatic rings. The third-order valence-electron chi connectivity index (χ3n) is 4.05. The van der Waals surface area contributed by atoms with Gasteiger partial charge in [0.15, 0.2) is 0 Å². The maximum absolute atomic E-state index is 14.1. The van der Waals surface area contributed by atoms with Crippen LogP contribution in [0, 0.1) is 18.6 Å². The standard InChI is InChI=1S/C17H16ClF2NO2S/c1-11-9-12(19)5-8-17(11)24(22,23)21(13-6-7-13)10-14-15(18)3-2-4-16(14)20/h2-5,8-9,13H,6-7,10H2,1H3. The number of halogens is 3. The van der Waals surface area contributed by atoms with Gasteiger partial charge in [0.2, 0.25) is 10.0 Å². The van der Waals surface area contributed by atoms with E-state index in [9.17, 15) is 17.2 Å². The molecule has 0 atom stereocenters. The summed E-state index contributed by atoms with van der Waals surface area (Å²) in [6.07, 6.45) is 1.43. The molecule has 2 aromatic carbocycles. The summed E-state index contributed by atoms with van der Waals surface area (Å²) in [7, 11) is -3.88. The molecule has 0 heterocycles. The lowest BCUT2D eigenvalue weighted by Crippen LogP contribution is -2.33. The van der Waals surface area contributed by atoms with Gasteiger partial charge >= 0.3 is 0 Å². The highest BCUT2D eigenvalue weighted by atomic mass is 35.5. The first-order valence-corrected chi connectivity index (χ1v) is 9.33. The molecule has 3 rings (SSSR count). The number of hydrogen-bond acceptors (Lipinski definition) is 2. The molecule has 0 aliphatic heterocycles. The molecule has 2 aromatic rings. The van der Waals surface area contributed by atoms with Crippen LogP contribution < -0.4 is 0 Å². The number of benzene rings is 2. The van der Waals surface area contributed by atoms with Crippen molar-refractivity contribution >= 4 is 21.6 Å². The van der Waals surface area contributed by atoms with Gasteiger partial charge < -0.3 is 0 Å². The Morgan fingerprint density at radius 3 is 2.50 bits per heavy atom. The second-order valence-corrected chi connectivity index (χ2v) is 8.16. The fraction of sp³-hybridized carbons (Fsp3) is 0.294. The lowest BCUT2D eigenvalue weighted by Gasteiger charge is -2.23. The van der Waals surface area contributed by atoms with Crippen molar-refractivity contribution < 1.29 is 17.2 Å². The van der Waals surface area contributed by atoms with E-state index >= 15 is 0 Å². The van der Waals surface area contributed by atoms with Crippen molar-refractivity contribution in [3.05, 3.63) is 64.2 Å². The number of nitrogens with zero attached hydrogens (tertiary/aromatic N) is 1. The Morgan fingerprint density at radius 1 is 1.21 bits per heavy atom. The fourth-order valence-electron chi connectivity index (χ4n) is 2.64. The van der Waals surface area contributed by atoms with E-state index in [0.717, 1.165) is 6.07 Å². The summed E-state index contributed by atoms with van der Waals surface area (Å²) in [4.78, 5) is 0.0308. The number of hydrogen-bond donors (Lipinski definition) is 0. The van der Waals surface area contributed by atoms with Gasteiger partial charge in [-0.15, -0.1) is 0 Å². The molecule has 1 fully saturated rings. The minimum Gasteiger partial charge on any atom is -0.207 e. The zero-order valence-electron chi connectivity index (χ0n) is 13.0. The zero-order valence-corrected chi connectivity index (χ0v) is 14.5. The Balaban J connectivity index is 2.02. The van der Waals surface area contributed by atoms with Gasteiger partial charge in [0.1, 0.15) is 11.6 Å². The van der Waals surface area contributed by atoms with E-state index in [1.807, 2.05) is 0 Å². The minimum atomic E-state index is -3.88. The number of sulfonamides is 1. The van der Waals surface area contributed by atoms with E-state index in [1.165, 1.54) is 41.6 Å². The predicted molar refractivity (Wildman–Crippen MR) is 88.3 cm³/mol. The van der Waals surface area contributed by atoms with Crippen LogP contribution in [-0.4, -0.2) is 18.8 Å². The van der Waals surface area contributed by atoms with E-state index in [2.05, 4.69) is 0 Å². The van der Waals surface area contributed by atoms with Gasteiger partial charge in [0.25, 0.3) is 0 Å². The fourth-order valence-corrected chi connectivity index (χ4v) is 4.72. The third-order valence-corrected chi connectivity index (χ3v) is 6.47. The van der Waals surface area contributed by atoms with Gasteiger partial charge in [-0.2, -0.15) is 4.31 Å². The van der Waals surface area contributed by atoms with Crippen LogP contribution in [0.15, 0.2) is 41.3 Å². The summed E-state index contributed by atoms with van der Waals surface area (Å²) in [5, 5.41) is 0.187. The lowest BCUT2D eigenvalue weighted by atomic mass is 10.2. The Kier molecular flexibility index (Phi) is 4.64. The molecular weight excluding hydrogens is 356 g/mol. The van der Waals surface area contributed by atoms with Crippen molar-refractivity contribution in [2.75, 3.05) is 0 Å². The molecule has 3 nitrogen and oxygen atoms in total. The highest BCUT2D eigenvalue weighted by Gasteiger charge is 2.39. The zero-order chi connectivity index (χ0) is 17.5. The van der Waals surface area contributed by atoms with Crippen molar-refractivity contribution in [1.82, 2.24) is 4.31 Å². The Morgan fingerprint density at radius 2 is 1.92 bits per heavy atom. The summed E-state index contributed by atoms with van der Waals surface area (Å²) >= 11 is 6.04. The molecule has 0 N–H and O–H groups in total. The first kappa shape index (κ1) is 17.3. The van der Waals surface area contributed by atoms with Crippen molar-refractivity contribution in [3.8, 4) is 0 Å². The van der Waals surface area contributed by atoms with Gasteiger partial charge in [-0.05, 0) is 55.7 Å². The van der Waals surface area contributed by atoms with Crippen LogP contribution in [0.2, 0.25) is 5.02 Å². The molecule has 0 radical (unpaired) electrons. The van der Waals surface area contributed by atoms with Crippen LogP contribution in [0.4, 0.5) is 8.78 Å². The van der Waals surface area contributed by atoms with E-state index in [-0.39, 0.29) is 28.1 Å². The molecule has 128 valence electrons. The Hall–Kier alpha value is -1.50. The predicted octanol–water partition coefficient (Wildman–Crippen LogP) is 4.28. The van der Waals surface area contributed by atoms with Crippen LogP contribution in [-0.2, 0) is 16.6 Å². The molecular formula is C17H16ClF2NO2S. The van der Waals surface area contributed by atoms with Crippen LogP contribution in [0.1, 0.15) is 24.0 Å². The smallest absolute Gasteiger partial charge is 0.207 e. The maximum Gasteiger partial charge on any atom is 0.243 e. The van der Waals surface area contributed by atoms with Gasteiger partial charge in [-0.25, -0.2) is 17.2 Å². The summed E-state index contributed by atoms with van der Waals surface area (Å²) < 4.78 is 54.6. The normalized spacial score (nSPS) is 15.0. The van der Waals surface area contributed by atoms with Gasteiger partial charge in [-0.3, -0.25) is 0 Å². The van der Waals surface area contributed by atoms with Gasteiger partial charge in [0.05, 0.1) is 4.90 Å². The molecule has 1 aliphatic carbocycles. The van der Waals surface area contributed by atoms with Crippen molar-refractivity contribution in [2.24, 2.45) is 0 Å². The molecule has 0 saturated heterocycles. The van der Waals surface area contributed by atoms with Gasteiger partial charge in [0, 0.05) is 23.2 Å². The molecule has 0 spiro atoms. The van der Waals surface area contributed by atoms with Crippen LogP contribution >= 0.6 is 11.6 Å². The van der Waals surface area contributed by atoms with E-state index in [1.54, 1.807) is 0 Å². The highest BCUT2D eigenvalue weighted by Crippen LogP contribution is 2.36. The second-order valence-electron chi connectivity index (χ2n) is 5.89. The first-order chi connectivity index (χ1) is 11.3. The number of aryl methyl sites for hydroxylation is 1. The summed E-state index contributed by atoms with van der Waals surface area (Å²) in [6, 6.07) is 7.60. The molecule has 0 aromatic heterocycles. The molecule has 0 bridgehead atoms. The number of rotatable bonds is 5. The van der Waals surface area contributed by atoms with Crippen LogP contribution in [0.25, 0.3) is 0 Å².